The topological polar surface area (TPSA) is 21.3 Å². The SMILES string of the molecule is COC(C)(C)CC(C)NC1CCCC(SC)C1. The van der Waals surface area contributed by atoms with Gasteiger partial charge >= 0.3 is 0 Å². The van der Waals surface area contributed by atoms with Gasteiger partial charge in [-0.3, -0.25) is 0 Å². The van der Waals surface area contributed by atoms with Crippen LogP contribution in [-0.2, 0) is 4.74 Å². The van der Waals surface area contributed by atoms with Crippen LogP contribution in [0.1, 0.15) is 52.9 Å². The number of ether oxygens (including phenoxy) is 1. The van der Waals surface area contributed by atoms with Gasteiger partial charge in [-0.25, -0.2) is 0 Å². The minimum absolute atomic E-state index is 0.0139. The van der Waals surface area contributed by atoms with Gasteiger partial charge in [0.05, 0.1) is 5.60 Å². The molecule has 0 aromatic heterocycles. The first-order valence-electron chi connectivity index (χ1n) is 6.81. The quantitative estimate of drug-likeness (QED) is 0.789. The standard InChI is InChI=1S/C14H29NOS/c1-11(10-14(2,3)16-4)15-12-7-6-8-13(9-12)17-5/h11-13,15H,6-10H2,1-5H3. The summed E-state index contributed by atoms with van der Waals surface area (Å²) in [6, 6.07) is 1.25. The number of hydrogen-bond donors (Lipinski definition) is 1. The number of thioether (sulfide) groups is 1. The Balaban J connectivity index is 2.32. The lowest BCUT2D eigenvalue weighted by Gasteiger charge is -2.33. The van der Waals surface area contributed by atoms with Gasteiger partial charge in [-0.05, 0) is 52.7 Å². The Hall–Kier alpha value is 0.270. The van der Waals surface area contributed by atoms with E-state index in [0.717, 1.165) is 11.7 Å². The monoisotopic (exact) mass is 259 g/mol. The van der Waals surface area contributed by atoms with E-state index in [9.17, 15) is 0 Å². The molecule has 1 aliphatic carbocycles. The van der Waals surface area contributed by atoms with Crippen molar-refractivity contribution in [3.8, 4) is 0 Å². The summed E-state index contributed by atoms with van der Waals surface area (Å²) in [5, 5.41) is 4.64. The van der Waals surface area contributed by atoms with Crippen molar-refractivity contribution in [2.45, 2.75) is 75.8 Å². The summed E-state index contributed by atoms with van der Waals surface area (Å²) in [7, 11) is 1.80. The lowest BCUT2D eigenvalue weighted by molar-refractivity contribution is 0.00734. The van der Waals surface area contributed by atoms with Crippen molar-refractivity contribution in [1.82, 2.24) is 5.32 Å². The van der Waals surface area contributed by atoms with Crippen molar-refractivity contribution in [3.63, 3.8) is 0 Å². The molecule has 1 fully saturated rings. The van der Waals surface area contributed by atoms with Crippen LogP contribution in [0, 0.1) is 0 Å². The molecule has 0 spiro atoms. The Kier molecular flexibility index (Phi) is 6.32. The molecule has 3 atom stereocenters. The third-order valence-corrected chi connectivity index (χ3v) is 4.92. The minimum atomic E-state index is -0.0139. The van der Waals surface area contributed by atoms with Crippen LogP contribution in [0.25, 0.3) is 0 Å². The second-order valence-corrected chi connectivity index (χ2v) is 7.09. The van der Waals surface area contributed by atoms with E-state index in [0.29, 0.717) is 12.1 Å². The molecule has 3 unspecified atom stereocenters. The van der Waals surface area contributed by atoms with Crippen LogP contribution < -0.4 is 5.32 Å². The molecule has 0 amide bonds. The number of methoxy groups -OCH3 is 1. The van der Waals surface area contributed by atoms with Gasteiger partial charge in [0.2, 0.25) is 0 Å². The summed E-state index contributed by atoms with van der Waals surface area (Å²) in [6.45, 7) is 6.61. The van der Waals surface area contributed by atoms with Gasteiger partial charge in [-0.1, -0.05) is 6.42 Å². The summed E-state index contributed by atoms with van der Waals surface area (Å²) in [4.78, 5) is 0. The first-order valence-corrected chi connectivity index (χ1v) is 8.09. The average molecular weight is 259 g/mol. The zero-order valence-corrected chi connectivity index (χ0v) is 12.9. The third-order valence-electron chi connectivity index (χ3n) is 3.83. The van der Waals surface area contributed by atoms with Crippen LogP contribution in [0.5, 0.6) is 0 Å². The van der Waals surface area contributed by atoms with Gasteiger partial charge in [-0.15, -0.1) is 0 Å². The van der Waals surface area contributed by atoms with Crippen molar-refractivity contribution in [1.29, 1.82) is 0 Å². The molecule has 1 aliphatic rings. The normalized spacial score (nSPS) is 28.1. The summed E-state index contributed by atoms with van der Waals surface area (Å²) in [5.74, 6) is 0. The Morgan fingerprint density at radius 3 is 2.71 bits per heavy atom. The van der Waals surface area contributed by atoms with E-state index in [1.54, 1.807) is 7.11 Å². The molecule has 102 valence electrons. The van der Waals surface area contributed by atoms with Crippen molar-refractivity contribution in [3.05, 3.63) is 0 Å². The van der Waals surface area contributed by atoms with Crippen LogP contribution in [-0.4, -0.2) is 36.3 Å². The Morgan fingerprint density at radius 2 is 2.12 bits per heavy atom. The number of nitrogens with one attached hydrogen (secondary N) is 1. The molecule has 0 saturated heterocycles. The smallest absolute Gasteiger partial charge is 0.0637 e. The Morgan fingerprint density at radius 1 is 1.41 bits per heavy atom. The van der Waals surface area contributed by atoms with E-state index < -0.39 is 0 Å². The molecule has 0 heterocycles. The molecule has 1 N–H and O–H groups in total. The molecule has 1 rings (SSSR count). The first kappa shape index (κ1) is 15.3. The van der Waals surface area contributed by atoms with Gasteiger partial charge in [0.1, 0.15) is 0 Å². The molecule has 0 aliphatic heterocycles. The third kappa shape index (κ3) is 5.62. The predicted molar refractivity (Wildman–Crippen MR) is 77.9 cm³/mol. The fourth-order valence-corrected chi connectivity index (χ4v) is 3.62. The second kappa shape index (κ2) is 7.01. The average Bonchev–Trinajstić information content (AvgIpc) is 2.28. The first-order chi connectivity index (χ1) is 7.96. The summed E-state index contributed by atoms with van der Waals surface area (Å²) < 4.78 is 5.50. The molecule has 0 aromatic rings. The molecular weight excluding hydrogens is 230 g/mol. The van der Waals surface area contributed by atoms with Gasteiger partial charge in [-0.2, -0.15) is 11.8 Å². The van der Waals surface area contributed by atoms with Crippen LogP contribution in [0.15, 0.2) is 0 Å². The zero-order valence-electron chi connectivity index (χ0n) is 12.1. The van der Waals surface area contributed by atoms with Crippen molar-refractivity contribution < 1.29 is 4.74 Å². The lowest BCUT2D eigenvalue weighted by Crippen LogP contribution is -2.43. The van der Waals surface area contributed by atoms with Gasteiger partial charge < -0.3 is 10.1 Å². The van der Waals surface area contributed by atoms with Crippen LogP contribution in [0.2, 0.25) is 0 Å². The van der Waals surface area contributed by atoms with Gasteiger partial charge in [0.15, 0.2) is 0 Å². The minimum Gasteiger partial charge on any atom is -0.379 e. The van der Waals surface area contributed by atoms with Gasteiger partial charge in [0, 0.05) is 24.4 Å². The van der Waals surface area contributed by atoms with E-state index in [2.05, 4.69) is 32.3 Å². The molecule has 0 radical (unpaired) electrons. The fourth-order valence-electron chi connectivity index (χ4n) is 2.79. The largest absolute Gasteiger partial charge is 0.379 e. The molecule has 3 heteroatoms. The fraction of sp³-hybridized carbons (Fsp3) is 1.00. The second-order valence-electron chi connectivity index (χ2n) is 5.96. The highest BCUT2D eigenvalue weighted by molar-refractivity contribution is 7.99. The van der Waals surface area contributed by atoms with E-state index >= 15 is 0 Å². The highest BCUT2D eigenvalue weighted by atomic mass is 32.2. The molecule has 0 aromatic carbocycles. The Labute approximate surface area is 111 Å². The molecular formula is C14H29NOS. The highest BCUT2D eigenvalue weighted by Crippen LogP contribution is 2.27. The molecule has 17 heavy (non-hydrogen) atoms. The maximum absolute atomic E-state index is 5.50. The van der Waals surface area contributed by atoms with Crippen molar-refractivity contribution in [2.24, 2.45) is 0 Å². The van der Waals surface area contributed by atoms with E-state index in [-0.39, 0.29) is 5.60 Å². The van der Waals surface area contributed by atoms with Crippen LogP contribution in [0.3, 0.4) is 0 Å². The summed E-state index contributed by atoms with van der Waals surface area (Å²) >= 11 is 2.03. The van der Waals surface area contributed by atoms with Crippen molar-refractivity contribution in [2.75, 3.05) is 13.4 Å². The predicted octanol–water partition coefficient (Wildman–Crippen LogP) is 3.45. The molecule has 0 bridgehead atoms. The maximum Gasteiger partial charge on any atom is 0.0637 e. The zero-order chi connectivity index (χ0) is 12.9. The molecule has 2 nitrogen and oxygen atoms in total. The van der Waals surface area contributed by atoms with Crippen molar-refractivity contribution >= 4 is 11.8 Å². The van der Waals surface area contributed by atoms with Crippen LogP contribution >= 0.6 is 11.8 Å². The van der Waals surface area contributed by atoms with E-state index in [4.69, 9.17) is 4.74 Å². The number of rotatable bonds is 6. The highest BCUT2D eigenvalue weighted by Gasteiger charge is 2.25. The summed E-state index contributed by atoms with van der Waals surface area (Å²) in [5.41, 5.74) is -0.0139. The number of hydrogen-bond acceptors (Lipinski definition) is 3. The van der Waals surface area contributed by atoms with E-state index in [1.165, 1.54) is 25.7 Å². The van der Waals surface area contributed by atoms with E-state index in [1.807, 2.05) is 11.8 Å². The molecule has 1 saturated carbocycles. The van der Waals surface area contributed by atoms with Crippen LogP contribution in [0.4, 0.5) is 0 Å². The Bertz CT molecular complexity index is 220. The lowest BCUT2D eigenvalue weighted by atomic mass is 9.93. The maximum atomic E-state index is 5.50. The van der Waals surface area contributed by atoms with Gasteiger partial charge in [0.25, 0.3) is 0 Å². The summed E-state index contributed by atoms with van der Waals surface area (Å²) in [6.07, 6.45) is 8.77.